The first kappa shape index (κ1) is 53.2. The van der Waals surface area contributed by atoms with Gasteiger partial charge in [0.25, 0.3) is 0 Å². The molecule has 5 aromatic rings. The average Bonchev–Trinajstić information content (AvgIpc) is 4.13. The highest BCUT2D eigenvalue weighted by Gasteiger charge is 2.45. The highest BCUT2D eigenvalue weighted by molar-refractivity contribution is 7.13. The van der Waals surface area contributed by atoms with E-state index in [0.717, 1.165) is 27.4 Å². The summed E-state index contributed by atoms with van der Waals surface area (Å²) in [4.78, 5) is 70.6. The van der Waals surface area contributed by atoms with Crippen molar-refractivity contribution in [3.63, 3.8) is 0 Å². The van der Waals surface area contributed by atoms with E-state index in [2.05, 4.69) is 31.2 Å². The second-order valence-electron chi connectivity index (χ2n) is 19.0. The van der Waals surface area contributed by atoms with E-state index < -0.39 is 46.6 Å². The number of benzene rings is 2. The van der Waals surface area contributed by atoms with Crippen molar-refractivity contribution in [3.8, 4) is 16.2 Å². The third-order valence-corrected chi connectivity index (χ3v) is 14.6. The first-order valence-electron chi connectivity index (χ1n) is 23.8. The molecular formula is C51H62ClFN8O8S2. The van der Waals surface area contributed by atoms with Gasteiger partial charge in [-0.05, 0) is 73.4 Å². The zero-order chi connectivity index (χ0) is 50.5. The van der Waals surface area contributed by atoms with E-state index in [1.807, 2.05) is 75.5 Å². The standard InChI is InChI=1S/C51H62ClFN8O8S2/c1-32-44(71-31-57-32)34-13-11-33(12-14-34)29-56-46(64)39-27-36(62)30-61(39)47(65)45(50(2,3)4)60-42(63)17-22-67-24-25-68-23-20-54-48(66)51(28-35-7-5-10-41(58-35)59-49-55-21-26-70-49)18-15-37(16-19-51)69-40-9-6-8-38(52)43(40)53/h5-14,21,26,31,36-37,39,45,62H,15-20,22-25,27-30H2,1-4H3,(H,54,66)(H,56,64)(H,60,63)(H,55,58,59)/t36-,37?,39+,45-,51?/m1/s1. The summed E-state index contributed by atoms with van der Waals surface area (Å²) in [6, 6.07) is 16.3. The number of anilines is 2. The van der Waals surface area contributed by atoms with Crippen molar-refractivity contribution in [1.29, 1.82) is 0 Å². The van der Waals surface area contributed by atoms with Gasteiger partial charge in [0.1, 0.15) is 17.9 Å². The minimum absolute atomic E-state index is 0.0161. The molecule has 16 nitrogen and oxygen atoms in total. The number of halogens is 2. The Labute approximate surface area is 426 Å². The summed E-state index contributed by atoms with van der Waals surface area (Å²) in [5.74, 6) is -1.27. The lowest BCUT2D eigenvalue weighted by atomic mass is 9.69. The second-order valence-corrected chi connectivity index (χ2v) is 21.1. The van der Waals surface area contributed by atoms with Crippen LogP contribution >= 0.6 is 34.3 Å². The number of aliphatic hydroxyl groups excluding tert-OH is 1. The lowest BCUT2D eigenvalue weighted by Crippen LogP contribution is -2.57. The fraction of sp³-hybridized carbons (Fsp3) is 0.471. The van der Waals surface area contributed by atoms with Crippen molar-refractivity contribution in [2.75, 3.05) is 44.8 Å². The number of nitrogens with one attached hydrogen (secondary N) is 4. The topological polar surface area (TPSA) is 206 Å². The van der Waals surface area contributed by atoms with Crippen LogP contribution in [0.2, 0.25) is 5.02 Å². The van der Waals surface area contributed by atoms with E-state index >= 15 is 0 Å². The van der Waals surface area contributed by atoms with Gasteiger partial charge < -0.3 is 45.5 Å². The lowest BCUT2D eigenvalue weighted by Gasteiger charge is -2.39. The number of pyridine rings is 1. The molecular weight excluding hydrogens is 971 g/mol. The number of hydrogen-bond acceptors (Lipinski definition) is 14. The number of carbonyl (C=O) groups is 4. The van der Waals surface area contributed by atoms with Crippen molar-refractivity contribution in [2.24, 2.45) is 10.8 Å². The quantitative estimate of drug-likeness (QED) is 0.0430. The van der Waals surface area contributed by atoms with E-state index in [-0.39, 0.29) is 87.6 Å². The second kappa shape index (κ2) is 24.7. The van der Waals surface area contributed by atoms with Crippen LogP contribution in [0.25, 0.3) is 10.4 Å². The number of aryl methyl sites for hydroxylation is 1. The van der Waals surface area contributed by atoms with Crippen LogP contribution in [-0.4, -0.2) is 112 Å². The number of carbonyl (C=O) groups excluding carboxylic acids is 4. The molecule has 1 saturated heterocycles. The molecule has 2 aliphatic rings. The molecule has 3 aromatic heterocycles. The zero-order valence-corrected chi connectivity index (χ0v) is 42.8. The van der Waals surface area contributed by atoms with E-state index in [1.165, 1.54) is 22.3 Å². The maximum atomic E-state index is 14.7. The predicted molar refractivity (Wildman–Crippen MR) is 271 cm³/mol. The van der Waals surface area contributed by atoms with Crippen LogP contribution in [0.5, 0.6) is 5.75 Å². The molecule has 5 N–H and O–H groups in total. The number of ether oxygens (including phenoxy) is 3. The maximum absolute atomic E-state index is 14.7. The third-order valence-electron chi connectivity index (χ3n) is 12.7. The number of nitrogens with zero attached hydrogens (tertiary/aromatic N) is 4. The van der Waals surface area contributed by atoms with Crippen LogP contribution in [-0.2, 0) is 41.6 Å². The molecule has 7 rings (SSSR count). The fourth-order valence-electron chi connectivity index (χ4n) is 8.81. The van der Waals surface area contributed by atoms with Crippen LogP contribution in [0, 0.1) is 23.6 Å². The van der Waals surface area contributed by atoms with Gasteiger partial charge in [-0.1, -0.05) is 68.8 Å². The molecule has 0 spiro atoms. The van der Waals surface area contributed by atoms with Gasteiger partial charge in [0.2, 0.25) is 23.6 Å². The Morgan fingerprint density at radius 3 is 2.41 bits per heavy atom. The molecule has 20 heteroatoms. The number of thiazole rings is 2. The minimum atomic E-state index is -0.967. The number of likely N-dealkylation sites (tertiary alicyclic amines) is 1. The summed E-state index contributed by atoms with van der Waals surface area (Å²) < 4.78 is 32.2. The van der Waals surface area contributed by atoms with Crippen molar-refractivity contribution >= 4 is 68.9 Å². The molecule has 380 valence electrons. The molecule has 1 aliphatic heterocycles. The molecule has 0 unspecified atom stereocenters. The third kappa shape index (κ3) is 14.5. The smallest absolute Gasteiger partial charge is 0.246 e. The molecule has 2 aromatic carbocycles. The number of β-amino-alcohol motifs (C(OH)–C–C–N with tert-alkyl or cyclic N) is 1. The Morgan fingerprint density at radius 1 is 0.958 bits per heavy atom. The van der Waals surface area contributed by atoms with E-state index in [9.17, 15) is 28.7 Å². The molecule has 3 atom stereocenters. The van der Waals surface area contributed by atoms with Gasteiger partial charge in [-0.15, -0.1) is 22.7 Å². The van der Waals surface area contributed by atoms with Gasteiger partial charge in [-0.2, -0.15) is 0 Å². The predicted octanol–water partition coefficient (Wildman–Crippen LogP) is 7.41. The highest BCUT2D eigenvalue weighted by atomic mass is 35.5. The first-order chi connectivity index (χ1) is 34.1. The monoisotopic (exact) mass is 1030 g/mol. The summed E-state index contributed by atoms with van der Waals surface area (Å²) in [7, 11) is 0. The Kier molecular flexibility index (Phi) is 18.5. The summed E-state index contributed by atoms with van der Waals surface area (Å²) in [5, 5.41) is 25.2. The van der Waals surface area contributed by atoms with E-state index in [1.54, 1.807) is 35.2 Å². The summed E-state index contributed by atoms with van der Waals surface area (Å²) in [5.41, 5.74) is 3.91. The Bertz CT molecular complexity index is 2570. The van der Waals surface area contributed by atoms with Crippen LogP contribution in [0.3, 0.4) is 0 Å². The minimum Gasteiger partial charge on any atom is -0.487 e. The molecule has 71 heavy (non-hydrogen) atoms. The van der Waals surface area contributed by atoms with Gasteiger partial charge in [-0.25, -0.2) is 19.3 Å². The van der Waals surface area contributed by atoms with Gasteiger partial charge in [0, 0.05) is 56.2 Å². The maximum Gasteiger partial charge on any atom is 0.246 e. The molecule has 4 amide bonds. The van der Waals surface area contributed by atoms with Gasteiger partial charge in [-0.3, -0.25) is 19.2 Å². The Morgan fingerprint density at radius 2 is 1.70 bits per heavy atom. The van der Waals surface area contributed by atoms with Crippen molar-refractivity contribution in [2.45, 2.75) is 103 Å². The van der Waals surface area contributed by atoms with Crippen LogP contribution < -0.4 is 26.0 Å². The SMILES string of the molecule is Cc1ncsc1-c1ccc(CNC(=O)[C@@H]2C[C@@H](O)CN2C(=O)[C@@H](NC(=O)CCOCCOCCNC(=O)C2(Cc3cccc(Nc4nccs4)n3)CCC(Oc3cccc(Cl)c3F)CC2)C(C)(C)C)cc1. The normalized spacial score (nSPS) is 19.5. The molecule has 2 fully saturated rings. The number of aromatic nitrogens is 3. The molecule has 1 saturated carbocycles. The molecule has 1 aliphatic carbocycles. The summed E-state index contributed by atoms with van der Waals surface area (Å²) in [6.07, 6.45) is 2.95. The molecule has 0 radical (unpaired) electrons. The largest absolute Gasteiger partial charge is 0.487 e. The summed E-state index contributed by atoms with van der Waals surface area (Å²) >= 11 is 9.02. The molecule has 0 bridgehead atoms. The van der Waals surface area contributed by atoms with Gasteiger partial charge >= 0.3 is 0 Å². The van der Waals surface area contributed by atoms with Crippen molar-refractivity contribution in [1.82, 2.24) is 35.8 Å². The van der Waals surface area contributed by atoms with E-state index in [4.69, 9.17) is 30.8 Å². The van der Waals surface area contributed by atoms with E-state index in [0.29, 0.717) is 43.1 Å². The van der Waals surface area contributed by atoms with Gasteiger partial charge in [0.15, 0.2) is 16.7 Å². The highest BCUT2D eigenvalue weighted by Crippen LogP contribution is 2.41. The fourth-order valence-corrected chi connectivity index (χ4v) is 10.3. The Balaban J connectivity index is 0.835. The van der Waals surface area contributed by atoms with Crippen LogP contribution in [0.4, 0.5) is 15.3 Å². The molecule has 4 heterocycles. The number of hydrogen-bond donors (Lipinski definition) is 5. The summed E-state index contributed by atoms with van der Waals surface area (Å²) in [6.45, 7) is 8.61. The number of amides is 4. The van der Waals surface area contributed by atoms with Crippen LogP contribution in [0.1, 0.15) is 76.2 Å². The number of aliphatic hydroxyl groups is 1. The van der Waals surface area contributed by atoms with Gasteiger partial charge in [0.05, 0.1) is 65.2 Å². The van der Waals surface area contributed by atoms with Crippen molar-refractivity contribution < 1.29 is 42.9 Å². The lowest BCUT2D eigenvalue weighted by molar-refractivity contribution is -0.144. The van der Waals surface area contributed by atoms with Crippen LogP contribution in [0.15, 0.2) is 77.8 Å². The Hall–Kier alpha value is -5.57. The zero-order valence-electron chi connectivity index (χ0n) is 40.4. The average molecular weight is 1030 g/mol. The number of rotatable bonds is 22. The van der Waals surface area contributed by atoms with Crippen molar-refractivity contribution in [3.05, 3.63) is 106 Å². The first-order valence-corrected chi connectivity index (χ1v) is 25.9.